The molecule has 1 unspecified atom stereocenters. The summed E-state index contributed by atoms with van der Waals surface area (Å²) in [7, 11) is 1.49. The molecule has 152 valence electrons. The summed E-state index contributed by atoms with van der Waals surface area (Å²) in [5.74, 6) is 0.602. The summed E-state index contributed by atoms with van der Waals surface area (Å²) in [4.78, 5) is 40.7. The third-order valence-corrected chi connectivity index (χ3v) is 5.45. The van der Waals surface area contributed by atoms with Gasteiger partial charge in [-0.15, -0.1) is 0 Å². The highest BCUT2D eigenvalue weighted by Gasteiger charge is 2.35. The Hall–Kier alpha value is -2.57. The van der Waals surface area contributed by atoms with Crippen LogP contribution >= 0.6 is 0 Å². The number of carbonyl (C=O) groups excluding carboxylic acids is 3. The fraction of sp³-hybridized carbons (Fsp3) is 0.571. The molecule has 1 atom stereocenters. The average Bonchev–Trinajstić information content (AvgIpc) is 3.26. The monoisotopic (exact) mass is 388 g/mol. The summed E-state index contributed by atoms with van der Waals surface area (Å²) < 4.78 is 11.0. The Morgan fingerprint density at radius 1 is 1.04 bits per heavy atom. The molecule has 0 N–H and O–H groups in total. The van der Waals surface area contributed by atoms with Crippen LogP contribution in [0.15, 0.2) is 18.2 Å². The van der Waals surface area contributed by atoms with Crippen molar-refractivity contribution < 1.29 is 23.9 Å². The zero-order valence-electron chi connectivity index (χ0n) is 16.6. The van der Waals surface area contributed by atoms with E-state index in [1.807, 2.05) is 4.90 Å². The lowest BCUT2D eigenvalue weighted by molar-refractivity contribution is -0.148. The minimum Gasteiger partial charge on any atom is -0.493 e. The van der Waals surface area contributed by atoms with Gasteiger partial charge in [-0.3, -0.25) is 14.4 Å². The van der Waals surface area contributed by atoms with E-state index in [9.17, 15) is 14.4 Å². The van der Waals surface area contributed by atoms with Crippen LogP contribution in [0.3, 0.4) is 0 Å². The largest absolute Gasteiger partial charge is 0.493 e. The first kappa shape index (κ1) is 20.2. The molecule has 2 amide bonds. The van der Waals surface area contributed by atoms with Crippen LogP contribution in [0.5, 0.6) is 11.5 Å². The van der Waals surface area contributed by atoms with E-state index in [0.717, 1.165) is 38.8 Å². The minimum absolute atomic E-state index is 0.0638. The summed E-state index contributed by atoms with van der Waals surface area (Å²) in [5, 5.41) is 0. The Bertz CT molecular complexity index is 742. The van der Waals surface area contributed by atoms with Crippen molar-refractivity contribution in [3.8, 4) is 11.5 Å². The van der Waals surface area contributed by atoms with Crippen molar-refractivity contribution in [1.82, 2.24) is 9.80 Å². The van der Waals surface area contributed by atoms with Gasteiger partial charge in [0.15, 0.2) is 23.9 Å². The lowest BCUT2D eigenvalue weighted by Crippen LogP contribution is -2.53. The topological polar surface area (TPSA) is 76.1 Å². The first-order valence-corrected chi connectivity index (χ1v) is 9.91. The molecule has 7 heteroatoms. The maximum Gasteiger partial charge on any atom is 0.261 e. The lowest BCUT2D eigenvalue weighted by Gasteiger charge is -2.36. The van der Waals surface area contributed by atoms with Gasteiger partial charge in [0.1, 0.15) is 6.04 Å². The van der Waals surface area contributed by atoms with Crippen molar-refractivity contribution in [3.63, 3.8) is 0 Å². The van der Waals surface area contributed by atoms with E-state index in [1.54, 1.807) is 23.1 Å². The zero-order chi connectivity index (χ0) is 20.1. The number of nitrogens with zero attached hydrogens (tertiary/aromatic N) is 2. The van der Waals surface area contributed by atoms with E-state index in [0.29, 0.717) is 30.0 Å². The van der Waals surface area contributed by atoms with Crippen molar-refractivity contribution >= 4 is 17.6 Å². The van der Waals surface area contributed by atoms with E-state index in [2.05, 4.69) is 0 Å². The van der Waals surface area contributed by atoms with Crippen molar-refractivity contribution in [2.75, 3.05) is 33.4 Å². The fourth-order valence-corrected chi connectivity index (χ4v) is 3.86. The van der Waals surface area contributed by atoms with Gasteiger partial charge in [-0.1, -0.05) is 0 Å². The maximum absolute atomic E-state index is 12.8. The number of carbonyl (C=O) groups is 3. The summed E-state index contributed by atoms with van der Waals surface area (Å²) in [6.45, 7) is 3.46. The third kappa shape index (κ3) is 4.46. The first-order valence-electron chi connectivity index (χ1n) is 9.91. The number of ether oxygens (including phenoxy) is 2. The van der Waals surface area contributed by atoms with E-state index in [1.165, 1.54) is 14.0 Å². The first-order chi connectivity index (χ1) is 13.5. The normalized spacial score (nSPS) is 19.4. The maximum atomic E-state index is 12.8. The molecule has 7 nitrogen and oxygen atoms in total. The van der Waals surface area contributed by atoms with Crippen LogP contribution < -0.4 is 9.47 Å². The second-order valence-electron chi connectivity index (χ2n) is 7.34. The Kier molecular flexibility index (Phi) is 6.54. The summed E-state index contributed by atoms with van der Waals surface area (Å²) in [6, 6.07) is 4.49. The SMILES string of the molecule is COc1cc(C(C)=O)ccc1OCC(=O)N1CCCCC1C(=O)N1CCCC1. The molecule has 0 radical (unpaired) electrons. The van der Waals surface area contributed by atoms with Crippen molar-refractivity contribution in [2.45, 2.75) is 45.1 Å². The van der Waals surface area contributed by atoms with Crippen LogP contribution in [0.2, 0.25) is 0 Å². The predicted octanol–water partition coefficient (Wildman–Crippen LogP) is 2.28. The number of hydrogen-bond acceptors (Lipinski definition) is 5. The Morgan fingerprint density at radius 3 is 2.43 bits per heavy atom. The van der Waals surface area contributed by atoms with Gasteiger partial charge in [-0.05, 0) is 57.2 Å². The number of hydrogen-bond donors (Lipinski definition) is 0. The van der Waals surface area contributed by atoms with Gasteiger partial charge in [0.05, 0.1) is 7.11 Å². The van der Waals surface area contributed by atoms with Crippen molar-refractivity contribution in [2.24, 2.45) is 0 Å². The standard InChI is InChI=1S/C21H28N2O5/c1-15(24)16-8-9-18(19(13-16)27-2)28-14-20(25)23-12-4-3-7-17(23)21(26)22-10-5-6-11-22/h8-9,13,17H,3-7,10-12,14H2,1-2H3. The molecule has 2 heterocycles. The van der Waals surface area contributed by atoms with Crippen LogP contribution in [-0.2, 0) is 9.59 Å². The van der Waals surface area contributed by atoms with Gasteiger partial charge >= 0.3 is 0 Å². The summed E-state index contributed by atoms with van der Waals surface area (Å²) in [5.41, 5.74) is 0.517. The number of likely N-dealkylation sites (tertiary alicyclic amines) is 2. The highest BCUT2D eigenvalue weighted by molar-refractivity contribution is 5.94. The highest BCUT2D eigenvalue weighted by atomic mass is 16.5. The molecule has 2 fully saturated rings. The third-order valence-electron chi connectivity index (χ3n) is 5.45. The summed E-state index contributed by atoms with van der Waals surface area (Å²) in [6.07, 6.45) is 4.62. The van der Waals surface area contributed by atoms with Crippen LogP contribution in [0, 0.1) is 0 Å². The minimum atomic E-state index is -0.384. The van der Waals surface area contributed by atoms with E-state index < -0.39 is 0 Å². The number of ketones is 1. The molecule has 3 rings (SSSR count). The molecular formula is C21H28N2O5. The molecule has 1 aromatic carbocycles. The Labute approximate surface area is 165 Å². The van der Waals surface area contributed by atoms with Crippen molar-refractivity contribution in [1.29, 1.82) is 0 Å². The second-order valence-corrected chi connectivity index (χ2v) is 7.34. The highest BCUT2D eigenvalue weighted by Crippen LogP contribution is 2.29. The van der Waals surface area contributed by atoms with Crippen molar-refractivity contribution in [3.05, 3.63) is 23.8 Å². The molecule has 0 aliphatic carbocycles. The zero-order valence-corrected chi connectivity index (χ0v) is 16.6. The van der Waals surface area contributed by atoms with E-state index >= 15 is 0 Å². The van der Waals surface area contributed by atoms with E-state index in [-0.39, 0.29) is 30.2 Å². The van der Waals surface area contributed by atoms with Gasteiger partial charge in [-0.25, -0.2) is 0 Å². The average molecular weight is 388 g/mol. The van der Waals surface area contributed by atoms with Crippen LogP contribution in [0.4, 0.5) is 0 Å². The number of Topliss-reactive ketones (excluding diaryl/α,β-unsaturated/α-hetero) is 1. The summed E-state index contributed by atoms with van der Waals surface area (Å²) >= 11 is 0. The van der Waals surface area contributed by atoms with Gasteiger partial charge < -0.3 is 19.3 Å². The van der Waals surface area contributed by atoms with E-state index in [4.69, 9.17) is 9.47 Å². The molecular weight excluding hydrogens is 360 g/mol. The Morgan fingerprint density at radius 2 is 1.75 bits per heavy atom. The van der Waals surface area contributed by atoms with Gasteiger partial charge in [-0.2, -0.15) is 0 Å². The molecule has 2 aliphatic rings. The van der Waals surface area contributed by atoms with Gasteiger partial charge in [0.25, 0.3) is 5.91 Å². The van der Waals surface area contributed by atoms with Crippen LogP contribution in [0.25, 0.3) is 0 Å². The Balaban J connectivity index is 1.65. The molecule has 2 saturated heterocycles. The van der Waals surface area contributed by atoms with Crippen LogP contribution in [-0.4, -0.2) is 66.8 Å². The molecule has 28 heavy (non-hydrogen) atoms. The number of methoxy groups -OCH3 is 1. The molecule has 1 aromatic rings. The van der Waals surface area contributed by atoms with Crippen LogP contribution in [0.1, 0.15) is 49.4 Å². The molecule has 2 aliphatic heterocycles. The van der Waals surface area contributed by atoms with Gasteiger partial charge in [0, 0.05) is 25.2 Å². The number of piperidine rings is 1. The number of rotatable bonds is 6. The predicted molar refractivity (Wildman–Crippen MR) is 104 cm³/mol. The van der Waals surface area contributed by atoms with Gasteiger partial charge in [0.2, 0.25) is 5.91 Å². The second kappa shape index (κ2) is 9.08. The molecule has 0 aromatic heterocycles. The number of amides is 2. The number of benzene rings is 1. The lowest BCUT2D eigenvalue weighted by atomic mass is 10.0. The molecule has 0 bridgehead atoms. The fourth-order valence-electron chi connectivity index (χ4n) is 3.86. The smallest absolute Gasteiger partial charge is 0.261 e. The molecule has 0 saturated carbocycles. The quantitative estimate of drug-likeness (QED) is 0.699. The molecule has 0 spiro atoms.